The number of hydrogen-bond donors (Lipinski definition) is 1. The van der Waals surface area contributed by atoms with Crippen molar-refractivity contribution in [2.75, 3.05) is 5.73 Å². The molecule has 0 aliphatic heterocycles. The Balaban J connectivity index is 1.69. The third-order valence-corrected chi connectivity index (χ3v) is 5.98. The van der Waals surface area contributed by atoms with Crippen molar-refractivity contribution >= 4 is 17.0 Å². The second kappa shape index (κ2) is 7.65. The first-order valence-electron chi connectivity index (χ1n) is 11.5. The molecule has 32 heavy (non-hydrogen) atoms. The third-order valence-electron chi connectivity index (χ3n) is 5.98. The van der Waals surface area contributed by atoms with Gasteiger partial charge in [0.25, 0.3) is 0 Å². The van der Waals surface area contributed by atoms with Gasteiger partial charge < -0.3 is 14.8 Å². The maximum atomic E-state index is 13.8. The molecule has 7 nitrogen and oxygen atoms in total. The fourth-order valence-corrected chi connectivity index (χ4v) is 4.30. The van der Waals surface area contributed by atoms with Gasteiger partial charge in [-0.2, -0.15) is 0 Å². The molecule has 0 aromatic carbocycles. The zero-order valence-electron chi connectivity index (χ0n) is 19.8. The van der Waals surface area contributed by atoms with E-state index in [0.29, 0.717) is 33.6 Å². The summed E-state index contributed by atoms with van der Waals surface area (Å²) in [6, 6.07) is 1.84. The van der Waals surface area contributed by atoms with E-state index in [0.717, 1.165) is 11.1 Å². The van der Waals surface area contributed by atoms with Gasteiger partial charge in [0.2, 0.25) is 11.9 Å². The van der Waals surface area contributed by atoms with Crippen LogP contribution >= 0.6 is 0 Å². The van der Waals surface area contributed by atoms with Gasteiger partial charge in [-0.05, 0) is 38.7 Å². The van der Waals surface area contributed by atoms with Crippen LogP contribution in [0.15, 0.2) is 35.4 Å². The lowest BCUT2D eigenvalue weighted by atomic mass is 9.87. The van der Waals surface area contributed by atoms with Crippen molar-refractivity contribution in [2.45, 2.75) is 52.0 Å². The molecule has 1 fully saturated rings. The smallest absolute Gasteiger partial charge is 0.248 e. The van der Waals surface area contributed by atoms with Gasteiger partial charge in [0.15, 0.2) is 0 Å². The van der Waals surface area contributed by atoms with E-state index in [1.807, 2.05) is 13.0 Å². The highest BCUT2D eigenvalue weighted by molar-refractivity contribution is 5.94. The molecule has 4 heterocycles. The van der Waals surface area contributed by atoms with E-state index in [1.54, 1.807) is 31.7 Å². The van der Waals surface area contributed by atoms with Crippen molar-refractivity contribution in [3.05, 3.63) is 42.3 Å². The standard InChI is InChI=1S/C23H24F2N6O/c1-13-20(14(2)32-30-13)16-7-19-21(27-8-16)18(17-9-28-22(26)29-10-17)12-31(19)11-15-3-5-23(24,25)6-4-15/h7-10,12,15H,3-6,11H2,1-2H3,(H2,26,28,29)/i11D2. The van der Waals surface area contributed by atoms with Gasteiger partial charge in [-0.3, -0.25) is 4.98 Å². The van der Waals surface area contributed by atoms with Crippen molar-refractivity contribution in [1.29, 1.82) is 0 Å². The van der Waals surface area contributed by atoms with Crippen LogP contribution in [0, 0.1) is 19.8 Å². The summed E-state index contributed by atoms with van der Waals surface area (Å²) < 4.78 is 52.4. The van der Waals surface area contributed by atoms with Gasteiger partial charge in [0.05, 0.1) is 19.5 Å². The van der Waals surface area contributed by atoms with Crippen LogP contribution in [0.5, 0.6) is 0 Å². The predicted molar refractivity (Wildman–Crippen MR) is 117 cm³/mol. The minimum absolute atomic E-state index is 0.0942. The molecule has 5 rings (SSSR count). The molecular weight excluding hydrogens is 414 g/mol. The molecular formula is C23H24F2N6O. The van der Waals surface area contributed by atoms with E-state index in [2.05, 4.69) is 20.1 Å². The molecule has 0 atom stereocenters. The Hall–Kier alpha value is -3.36. The van der Waals surface area contributed by atoms with Crippen molar-refractivity contribution < 1.29 is 16.0 Å². The summed E-state index contributed by atoms with van der Waals surface area (Å²) >= 11 is 0. The van der Waals surface area contributed by atoms with Gasteiger partial charge in [-0.1, -0.05) is 5.16 Å². The van der Waals surface area contributed by atoms with E-state index in [-0.39, 0.29) is 31.6 Å². The SMILES string of the molecule is [2H]C([2H])(C1CCC(F)(F)CC1)n1cc(-c2cnc(N)nc2)c2ncc(-c3c(C)noc3C)cc21. The fourth-order valence-electron chi connectivity index (χ4n) is 4.30. The van der Waals surface area contributed by atoms with Crippen LogP contribution in [-0.4, -0.2) is 30.6 Å². The minimum atomic E-state index is -2.74. The van der Waals surface area contributed by atoms with E-state index in [1.165, 1.54) is 4.57 Å². The number of alkyl halides is 2. The first kappa shape index (κ1) is 18.2. The summed E-state index contributed by atoms with van der Waals surface area (Å²) in [7, 11) is 0. The highest BCUT2D eigenvalue weighted by atomic mass is 19.3. The molecule has 9 heteroatoms. The number of anilines is 1. The number of hydrogen-bond acceptors (Lipinski definition) is 6. The van der Waals surface area contributed by atoms with Crippen LogP contribution in [0.4, 0.5) is 14.7 Å². The first-order valence-corrected chi connectivity index (χ1v) is 10.5. The average Bonchev–Trinajstić information content (AvgIpc) is 3.33. The third kappa shape index (κ3) is 3.72. The van der Waals surface area contributed by atoms with Crippen LogP contribution < -0.4 is 5.73 Å². The molecule has 0 amide bonds. The van der Waals surface area contributed by atoms with Gasteiger partial charge >= 0.3 is 0 Å². The van der Waals surface area contributed by atoms with E-state index < -0.39 is 18.3 Å². The van der Waals surface area contributed by atoms with Crippen LogP contribution in [-0.2, 0) is 6.50 Å². The van der Waals surface area contributed by atoms with Crippen LogP contribution in [0.2, 0.25) is 0 Å². The number of fused-ring (bicyclic) bond motifs is 1. The molecule has 4 aromatic rings. The lowest BCUT2D eigenvalue weighted by molar-refractivity contribution is -0.0472. The summed E-state index contributed by atoms with van der Waals surface area (Å²) in [4.78, 5) is 12.8. The van der Waals surface area contributed by atoms with Crippen LogP contribution in [0.25, 0.3) is 33.3 Å². The molecule has 0 unspecified atom stereocenters. The summed E-state index contributed by atoms with van der Waals surface area (Å²) in [6.45, 7) is 1.71. The van der Waals surface area contributed by atoms with Gasteiger partial charge in [-0.15, -0.1) is 0 Å². The van der Waals surface area contributed by atoms with Crippen LogP contribution in [0.1, 0.15) is 39.9 Å². The summed E-state index contributed by atoms with van der Waals surface area (Å²) in [6.07, 6.45) is 6.02. The van der Waals surface area contributed by atoms with Crippen molar-refractivity contribution in [2.24, 2.45) is 5.92 Å². The Morgan fingerprint density at radius 2 is 1.84 bits per heavy atom. The Morgan fingerprint density at radius 1 is 1.16 bits per heavy atom. The zero-order valence-corrected chi connectivity index (χ0v) is 17.8. The monoisotopic (exact) mass is 440 g/mol. The maximum absolute atomic E-state index is 13.8. The number of nitrogens with two attached hydrogens (primary N) is 1. The molecule has 4 aromatic heterocycles. The molecule has 1 aliphatic rings. The summed E-state index contributed by atoms with van der Waals surface area (Å²) in [5.74, 6) is -2.56. The summed E-state index contributed by atoms with van der Waals surface area (Å²) in [5, 5.41) is 4.01. The number of aromatic nitrogens is 5. The topological polar surface area (TPSA) is 95.7 Å². The van der Waals surface area contributed by atoms with Crippen LogP contribution in [0.3, 0.4) is 0 Å². The molecule has 0 saturated heterocycles. The Bertz CT molecular complexity index is 1340. The highest BCUT2D eigenvalue weighted by Crippen LogP contribution is 2.39. The predicted octanol–water partition coefficient (Wildman–Crippen LogP) is 5.17. The van der Waals surface area contributed by atoms with Gasteiger partial charge in [-0.25, -0.2) is 18.7 Å². The van der Waals surface area contributed by atoms with Crippen molar-refractivity contribution in [1.82, 2.24) is 24.7 Å². The molecule has 0 radical (unpaired) electrons. The largest absolute Gasteiger partial charge is 0.368 e. The molecule has 0 spiro atoms. The molecule has 0 bridgehead atoms. The maximum Gasteiger partial charge on any atom is 0.248 e. The Labute approximate surface area is 186 Å². The van der Waals surface area contributed by atoms with E-state index >= 15 is 0 Å². The minimum Gasteiger partial charge on any atom is -0.368 e. The van der Waals surface area contributed by atoms with Gasteiger partial charge in [0.1, 0.15) is 5.76 Å². The highest BCUT2D eigenvalue weighted by Gasteiger charge is 2.35. The van der Waals surface area contributed by atoms with E-state index in [9.17, 15) is 8.78 Å². The van der Waals surface area contributed by atoms with Crippen molar-refractivity contribution in [3.8, 4) is 22.3 Å². The Kier molecular flexibility index (Phi) is 4.36. The number of halogens is 2. The zero-order chi connectivity index (χ0) is 24.3. The number of nitrogens with zero attached hydrogens (tertiary/aromatic N) is 5. The number of rotatable bonds is 4. The number of nitrogen functional groups attached to an aromatic ring is 1. The first-order chi connectivity index (χ1) is 16.1. The molecule has 2 N–H and O–H groups in total. The lowest BCUT2D eigenvalue weighted by Crippen LogP contribution is -2.26. The second-order valence-corrected chi connectivity index (χ2v) is 8.29. The summed E-state index contributed by atoms with van der Waals surface area (Å²) in [5.41, 5.74) is 10.2. The number of pyridine rings is 1. The van der Waals surface area contributed by atoms with Gasteiger partial charge in [0, 0.05) is 66.4 Å². The normalized spacial score (nSPS) is 18.0. The fraction of sp³-hybridized carbons (Fsp3) is 0.391. The molecule has 1 saturated carbocycles. The second-order valence-electron chi connectivity index (χ2n) is 8.29. The molecule has 1 aliphatic carbocycles. The molecule has 166 valence electrons. The number of aryl methyl sites for hydroxylation is 2. The van der Waals surface area contributed by atoms with Crippen molar-refractivity contribution in [3.63, 3.8) is 0 Å². The lowest BCUT2D eigenvalue weighted by Gasteiger charge is -2.28. The quantitative estimate of drug-likeness (QED) is 0.470. The average molecular weight is 440 g/mol. The van der Waals surface area contributed by atoms with E-state index in [4.69, 9.17) is 13.0 Å². The Morgan fingerprint density at radius 3 is 2.50 bits per heavy atom.